The molecule has 2 N–H and O–H groups in total. The Morgan fingerprint density at radius 1 is 1.22 bits per heavy atom. The van der Waals surface area contributed by atoms with Crippen LogP contribution in [0, 0.1) is 5.92 Å². The summed E-state index contributed by atoms with van der Waals surface area (Å²) in [5.74, 6) is -0.668. The minimum atomic E-state index is -1.09. The number of nitrogens with one attached hydrogen (secondary N) is 1. The van der Waals surface area contributed by atoms with Gasteiger partial charge in [0.25, 0.3) is 0 Å². The molecule has 1 saturated carbocycles. The highest BCUT2D eigenvalue weighted by atomic mass is 16.4. The van der Waals surface area contributed by atoms with E-state index in [2.05, 4.69) is 5.32 Å². The molecule has 1 aromatic carbocycles. The molecule has 1 fully saturated rings. The number of Topliss-reactive ketones (excluding diaryl/α,β-unsaturated/α-hetero) is 1. The number of hydrogen-bond acceptors (Lipinski definition) is 3. The SMILES string of the molecule is O=C(O)CC(=O)c1ccc(NCC2CCC2)cc1. The van der Waals surface area contributed by atoms with Gasteiger partial charge in [0.2, 0.25) is 0 Å². The molecule has 0 unspecified atom stereocenters. The zero-order valence-electron chi connectivity index (χ0n) is 10.2. The number of carbonyl (C=O) groups excluding carboxylic acids is 1. The summed E-state index contributed by atoms with van der Waals surface area (Å²) in [6.45, 7) is 0.975. The molecule has 2 rings (SSSR count). The molecule has 0 heterocycles. The monoisotopic (exact) mass is 247 g/mol. The van der Waals surface area contributed by atoms with Gasteiger partial charge in [-0.2, -0.15) is 0 Å². The van der Waals surface area contributed by atoms with Gasteiger partial charge in [0, 0.05) is 17.8 Å². The fraction of sp³-hybridized carbons (Fsp3) is 0.429. The smallest absolute Gasteiger partial charge is 0.311 e. The van der Waals surface area contributed by atoms with Gasteiger partial charge in [0.15, 0.2) is 5.78 Å². The summed E-state index contributed by atoms with van der Waals surface area (Å²) < 4.78 is 0. The van der Waals surface area contributed by atoms with Gasteiger partial charge in [-0.25, -0.2) is 0 Å². The van der Waals surface area contributed by atoms with Crippen LogP contribution >= 0.6 is 0 Å². The third-order valence-electron chi connectivity index (χ3n) is 3.34. The van der Waals surface area contributed by atoms with E-state index >= 15 is 0 Å². The van der Waals surface area contributed by atoms with Crippen molar-refractivity contribution in [2.24, 2.45) is 5.92 Å². The van der Waals surface area contributed by atoms with Crippen LogP contribution in [0.1, 0.15) is 36.0 Å². The normalized spacial score (nSPS) is 14.9. The molecule has 0 spiro atoms. The summed E-state index contributed by atoms with van der Waals surface area (Å²) in [5.41, 5.74) is 1.43. The molecule has 0 radical (unpaired) electrons. The Morgan fingerprint density at radius 3 is 2.39 bits per heavy atom. The predicted molar refractivity (Wildman–Crippen MR) is 68.9 cm³/mol. The van der Waals surface area contributed by atoms with Crippen LogP contribution < -0.4 is 5.32 Å². The van der Waals surface area contributed by atoms with Crippen LogP contribution in [0.15, 0.2) is 24.3 Å². The number of carboxylic acid groups (broad SMARTS) is 1. The van der Waals surface area contributed by atoms with Crippen molar-refractivity contribution in [3.63, 3.8) is 0 Å². The molecule has 4 nitrogen and oxygen atoms in total. The van der Waals surface area contributed by atoms with E-state index in [0.717, 1.165) is 18.2 Å². The average molecular weight is 247 g/mol. The van der Waals surface area contributed by atoms with E-state index in [0.29, 0.717) is 5.56 Å². The Morgan fingerprint density at radius 2 is 1.89 bits per heavy atom. The van der Waals surface area contributed by atoms with Crippen LogP contribution in [-0.4, -0.2) is 23.4 Å². The number of hydrogen-bond donors (Lipinski definition) is 2. The first-order valence-corrected chi connectivity index (χ1v) is 6.24. The minimum Gasteiger partial charge on any atom is -0.481 e. The number of benzene rings is 1. The molecule has 18 heavy (non-hydrogen) atoms. The van der Waals surface area contributed by atoms with Gasteiger partial charge in [-0.05, 0) is 43.0 Å². The topological polar surface area (TPSA) is 66.4 Å². The van der Waals surface area contributed by atoms with E-state index in [9.17, 15) is 9.59 Å². The lowest BCUT2D eigenvalue weighted by Crippen LogP contribution is -2.20. The van der Waals surface area contributed by atoms with E-state index in [1.54, 1.807) is 12.1 Å². The van der Waals surface area contributed by atoms with Gasteiger partial charge in [0.1, 0.15) is 6.42 Å². The van der Waals surface area contributed by atoms with Gasteiger partial charge >= 0.3 is 5.97 Å². The lowest BCUT2D eigenvalue weighted by atomic mass is 9.85. The molecule has 4 heteroatoms. The third kappa shape index (κ3) is 3.32. The Kier molecular flexibility index (Phi) is 3.97. The van der Waals surface area contributed by atoms with Crippen molar-refractivity contribution in [2.75, 3.05) is 11.9 Å². The van der Waals surface area contributed by atoms with Crippen LogP contribution in [0.4, 0.5) is 5.69 Å². The Labute approximate surface area is 106 Å². The van der Waals surface area contributed by atoms with Crippen molar-refractivity contribution in [1.82, 2.24) is 0 Å². The van der Waals surface area contributed by atoms with Crippen LogP contribution in [0.2, 0.25) is 0 Å². The quantitative estimate of drug-likeness (QED) is 0.599. The van der Waals surface area contributed by atoms with E-state index in [4.69, 9.17) is 5.11 Å². The Bertz CT molecular complexity index is 435. The number of carbonyl (C=O) groups is 2. The average Bonchev–Trinajstić information content (AvgIpc) is 2.27. The van der Waals surface area contributed by atoms with Crippen molar-refractivity contribution in [2.45, 2.75) is 25.7 Å². The Balaban J connectivity index is 1.87. The van der Waals surface area contributed by atoms with Crippen molar-refractivity contribution in [3.05, 3.63) is 29.8 Å². The van der Waals surface area contributed by atoms with Crippen LogP contribution in [0.3, 0.4) is 0 Å². The Hall–Kier alpha value is -1.84. The molecule has 0 atom stereocenters. The summed E-state index contributed by atoms with van der Waals surface area (Å²) in [7, 11) is 0. The summed E-state index contributed by atoms with van der Waals surface area (Å²) in [6.07, 6.45) is 3.47. The molecular weight excluding hydrogens is 230 g/mol. The van der Waals surface area contributed by atoms with Crippen LogP contribution in [0.25, 0.3) is 0 Å². The van der Waals surface area contributed by atoms with Crippen molar-refractivity contribution < 1.29 is 14.7 Å². The molecule has 0 aliphatic heterocycles. The third-order valence-corrected chi connectivity index (χ3v) is 3.34. The van der Waals surface area contributed by atoms with Crippen molar-refractivity contribution in [1.29, 1.82) is 0 Å². The molecule has 0 bridgehead atoms. The molecular formula is C14H17NO3. The molecule has 1 aliphatic carbocycles. The van der Waals surface area contributed by atoms with Crippen LogP contribution in [-0.2, 0) is 4.79 Å². The van der Waals surface area contributed by atoms with Crippen molar-refractivity contribution >= 4 is 17.4 Å². The maximum absolute atomic E-state index is 11.5. The lowest BCUT2D eigenvalue weighted by molar-refractivity contribution is -0.135. The number of rotatable bonds is 6. The maximum Gasteiger partial charge on any atom is 0.311 e. The second kappa shape index (κ2) is 5.67. The highest BCUT2D eigenvalue weighted by molar-refractivity contribution is 6.05. The highest BCUT2D eigenvalue weighted by Crippen LogP contribution is 2.26. The zero-order chi connectivity index (χ0) is 13.0. The minimum absolute atomic E-state index is 0.354. The summed E-state index contributed by atoms with van der Waals surface area (Å²) in [6, 6.07) is 7.00. The standard InChI is InChI=1S/C14H17NO3/c16-13(8-14(17)18)11-4-6-12(7-5-11)15-9-10-2-1-3-10/h4-7,10,15H,1-3,8-9H2,(H,17,18). The van der Waals surface area contributed by atoms with Gasteiger partial charge in [-0.3, -0.25) is 9.59 Å². The number of aliphatic carboxylic acids is 1. The number of carboxylic acids is 1. The first-order valence-electron chi connectivity index (χ1n) is 6.24. The van der Waals surface area contributed by atoms with Gasteiger partial charge in [-0.15, -0.1) is 0 Å². The largest absolute Gasteiger partial charge is 0.481 e. The maximum atomic E-state index is 11.5. The highest BCUT2D eigenvalue weighted by Gasteiger charge is 2.16. The lowest BCUT2D eigenvalue weighted by Gasteiger charge is -2.25. The zero-order valence-corrected chi connectivity index (χ0v) is 10.2. The second-order valence-electron chi connectivity index (χ2n) is 4.75. The fourth-order valence-electron chi connectivity index (χ4n) is 1.97. The van der Waals surface area contributed by atoms with Crippen LogP contribution in [0.5, 0.6) is 0 Å². The summed E-state index contributed by atoms with van der Waals surface area (Å²) >= 11 is 0. The van der Waals surface area contributed by atoms with Gasteiger partial charge in [-0.1, -0.05) is 6.42 Å². The predicted octanol–water partition coefficient (Wildman–Crippen LogP) is 2.56. The molecule has 1 aliphatic rings. The fourth-order valence-corrected chi connectivity index (χ4v) is 1.97. The number of anilines is 1. The molecule has 0 aromatic heterocycles. The molecule has 1 aromatic rings. The molecule has 96 valence electrons. The van der Waals surface area contributed by atoms with E-state index in [-0.39, 0.29) is 5.78 Å². The van der Waals surface area contributed by atoms with E-state index in [1.165, 1.54) is 19.3 Å². The summed E-state index contributed by atoms with van der Waals surface area (Å²) in [4.78, 5) is 21.9. The molecule has 0 amide bonds. The van der Waals surface area contributed by atoms with Gasteiger partial charge in [0.05, 0.1) is 0 Å². The van der Waals surface area contributed by atoms with Gasteiger partial charge < -0.3 is 10.4 Å². The van der Waals surface area contributed by atoms with Crippen molar-refractivity contribution in [3.8, 4) is 0 Å². The van der Waals surface area contributed by atoms with E-state index in [1.807, 2.05) is 12.1 Å². The second-order valence-corrected chi connectivity index (χ2v) is 4.75. The molecule has 0 saturated heterocycles. The number of ketones is 1. The summed E-state index contributed by atoms with van der Waals surface area (Å²) in [5, 5.41) is 11.9. The first kappa shape index (κ1) is 12.6. The van der Waals surface area contributed by atoms with E-state index < -0.39 is 12.4 Å². The first-order chi connectivity index (χ1) is 8.65.